The van der Waals surface area contributed by atoms with Gasteiger partial charge in [0, 0.05) is 21.9 Å². The number of rotatable bonds is 2. The first-order chi connectivity index (χ1) is 16.7. The molecule has 160 valence electrons. The molecular formula is C30H20BNO2. The third-order valence-corrected chi connectivity index (χ3v) is 6.98. The number of hydrogen-bond donors (Lipinski definition) is 2. The van der Waals surface area contributed by atoms with E-state index in [9.17, 15) is 10.0 Å². The summed E-state index contributed by atoms with van der Waals surface area (Å²) in [7, 11) is -1.46. The topological polar surface area (TPSA) is 45.4 Å². The van der Waals surface area contributed by atoms with Crippen LogP contribution in [-0.2, 0) is 0 Å². The van der Waals surface area contributed by atoms with Gasteiger partial charge in [-0.1, -0.05) is 97.1 Å². The van der Waals surface area contributed by atoms with Gasteiger partial charge < -0.3 is 14.6 Å². The van der Waals surface area contributed by atoms with Crippen molar-refractivity contribution in [3.8, 4) is 39.1 Å². The largest absolute Gasteiger partial charge is 0.488 e. The smallest absolute Gasteiger partial charge is 0.423 e. The highest BCUT2D eigenvalue weighted by molar-refractivity contribution is 6.58. The first kappa shape index (κ1) is 19.4. The summed E-state index contributed by atoms with van der Waals surface area (Å²) in [5.74, 6) is 0. The Hall–Kier alpha value is -4.12. The van der Waals surface area contributed by atoms with E-state index in [4.69, 9.17) is 0 Å². The van der Waals surface area contributed by atoms with Crippen molar-refractivity contribution < 1.29 is 10.0 Å². The second-order valence-corrected chi connectivity index (χ2v) is 8.83. The minimum atomic E-state index is -1.46. The maximum Gasteiger partial charge on any atom is 0.488 e. The Labute approximate surface area is 197 Å². The lowest BCUT2D eigenvalue weighted by atomic mass is 9.80. The van der Waals surface area contributed by atoms with E-state index in [1.54, 1.807) is 12.1 Å². The van der Waals surface area contributed by atoms with Crippen molar-refractivity contribution in [3.63, 3.8) is 0 Å². The van der Waals surface area contributed by atoms with Crippen LogP contribution in [0.2, 0.25) is 0 Å². The molecule has 2 N–H and O–H groups in total. The van der Waals surface area contributed by atoms with Crippen LogP contribution in [-0.4, -0.2) is 21.7 Å². The maximum absolute atomic E-state index is 9.47. The minimum Gasteiger partial charge on any atom is -0.423 e. The highest BCUT2D eigenvalue weighted by Gasteiger charge is 2.24. The lowest BCUT2D eigenvalue weighted by Crippen LogP contribution is -2.29. The van der Waals surface area contributed by atoms with Gasteiger partial charge in [-0.05, 0) is 39.8 Å². The van der Waals surface area contributed by atoms with Crippen LogP contribution < -0.4 is 5.46 Å². The predicted molar refractivity (Wildman–Crippen MR) is 140 cm³/mol. The normalized spacial score (nSPS) is 11.8. The van der Waals surface area contributed by atoms with Crippen molar-refractivity contribution in [2.45, 2.75) is 0 Å². The summed E-state index contributed by atoms with van der Waals surface area (Å²) >= 11 is 0. The van der Waals surface area contributed by atoms with Crippen molar-refractivity contribution in [2.24, 2.45) is 0 Å². The van der Waals surface area contributed by atoms with Gasteiger partial charge in [-0.3, -0.25) is 0 Å². The van der Waals surface area contributed by atoms with Gasteiger partial charge >= 0.3 is 7.12 Å². The fourth-order valence-electron chi connectivity index (χ4n) is 5.41. The molecule has 0 amide bonds. The van der Waals surface area contributed by atoms with Gasteiger partial charge in [0.25, 0.3) is 0 Å². The van der Waals surface area contributed by atoms with Gasteiger partial charge in [-0.2, -0.15) is 0 Å². The van der Waals surface area contributed by atoms with Crippen molar-refractivity contribution in [1.29, 1.82) is 0 Å². The molecule has 0 aliphatic carbocycles. The van der Waals surface area contributed by atoms with Crippen molar-refractivity contribution in [3.05, 3.63) is 109 Å². The van der Waals surface area contributed by atoms with Crippen molar-refractivity contribution >= 4 is 34.4 Å². The Morgan fingerprint density at radius 1 is 0.529 bits per heavy atom. The van der Waals surface area contributed by atoms with E-state index in [0.29, 0.717) is 5.46 Å². The first-order valence-corrected chi connectivity index (χ1v) is 11.4. The molecule has 0 unspecified atom stereocenters. The Bertz CT molecular complexity index is 1730. The molecule has 34 heavy (non-hydrogen) atoms. The molecule has 1 aliphatic heterocycles. The molecule has 0 radical (unpaired) electrons. The lowest BCUT2D eigenvalue weighted by molar-refractivity contribution is 0.426. The van der Waals surface area contributed by atoms with Crippen molar-refractivity contribution in [2.75, 3.05) is 0 Å². The summed E-state index contributed by atoms with van der Waals surface area (Å²) in [5.41, 5.74) is 11.1. The van der Waals surface area contributed by atoms with Crippen LogP contribution in [0, 0.1) is 0 Å². The van der Waals surface area contributed by atoms with Gasteiger partial charge in [0.05, 0.1) is 16.7 Å². The van der Waals surface area contributed by atoms with Crippen LogP contribution in [0.15, 0.2) is 109 Å². The van der Waals surface area contributed by atoms with E-state index < -0.39 is 7.12 Å². The van der Waals surface area contributed by atoms with Gasteiger partial charge in [0.2, 0.25) is 0 Å². The Kier molecular flexibility index (Phi) is 4.10. The molecule has 0 bridgehead atoms. The highest BCUT2D eigenvalue weighted by atomic mass is 16.4. The SMILES string of the molecule is OB(O)c1ccc(-c2ccc3c(c2)-n2c4ccccc4c4cccc(c42)-c2ccccc2-3)cc1. The molecule has 0 atom stereocenters. The first-order valence-electron chi connectivity index (χ1n) is 11.4. The molecule has 0 fully saturated rings. The lowest BCUT2D eigenvalue weighted by Gasteiger charge is -2.15. The zero-order chi connectivity index (χ0) is 22.8. The summed E-state index contributed by atoms with van der Waals surface area (Å²) in [6.07, 6.45) is 0. The zero-order valence-electron chi connectivity index (χ0n) is 18.3. The molecule has 1 aliphatic rings. The van der Waals surface area contributed by atoms with E-state index in [1.807, 2.05) is 12.1 Å². The zero-order valence-corrected chi connectivity index (χ0v) is 18.3. The standard InChI is InChI=1S/C30H20BNO2/c33-31(34)21-15-12-19(13-16-21)20-14-17-25-22-6-1-2-7-23(22)26-9-5-10-27-24-8-3-4-11-28(24)32(30(26)27)29(25)18-20/h1-18,33-34H. The maximum atomic E-state index is 9.47. The van der Waals surface area contributed by atoms with Gasteiger partial charge in [0.15, 0.2) is 0 Å². The molecule has 1 aromatic heterocycles. The fourth-order valence-corrected chi connectivity index (χ4v) is 5.41. The highest BCUT2D eigenvalue weighted by Crippen LogP contribution is 2.47. The predicted octanol–water partition coefficient (Wildman–Crippen LogP) is 5.78. The fraction of sp³-hybridized carbons (Fsp3) is 0. The van der Waals surface area contributed by atoms with Crippen LogP contribution in [0.1, 0.15) is 0 Å². The van der Waals surface area contributed by atoms with Crippen LogP contribution >= 0.6 is 0 Å². The molecule has 4 heteroatoms. The average Bonchev–Trinajstić information content (AvgIpc) is 3.16. The third kappa shape index (κ3) is 2.67. The molecule has 0 saturated heterocycles. The molecule has 6 aromatic rings. The second kappa shape index (κ2) is 7.19. The number of aromatic nitrogens is 1. The molecule has 3 nitrogen and oxygen atoms in total. The molecular weight excluding hydrogens is 417 g/mol. The summed E-state index contributed by atoms with van der Waals surface area (Å²) in [4.78, 5) is 0. The summed E-state index contributed by atoms with van der Waals surface area (Å²) in [6, 6.07) is 37.9. The summed E-state index contributed by atoms with van der Waals surface area (Å²) in [5, 5.41) is 21.4. The van der Waals surface area contributed by atoms with Crippen molar-refractivity contribution in [1.82, 2.24) is 4.57 Å². The van der Waals surface area contributed by atoms with E-state index in [1.165, 1.54) is 44.1 Å². The van der Waals surface area contributed by atoms with Gasteiger partial charge in [0.1, 0.15) is 0 Å². The Morgan fingerprint density at radius 2 is 1.18 bits per heavy atom. The molecule has 0 spiro atoms. The minimum absolute atomic E-state index is 0.486. The number of hydrogen-bond acceptors (Lipinski definition) is 2. The number of benzene rings is 5. The monoisotopic (exact) mass is 437 g/mol. The average molecular weight is 437 g/mol. The number of fused-ring (bicyclic) bond motifs is 8. The van der Waals surface area contributed by atoms with E-state index >= 15 is 0 Å². The summed E-state index contributed by atoms with van der Waals surface area (Å²) < 4.78 is 2.41. The third-order valence-electron chi connectivity index (χ3n) is 6.98. The van der Waals surface area contributed by atoms with Crippen LogP contribution in [0.4, 0.5) is 0 Å². The van der Waals surface area contributed by atoms with Gasteiger partial charge in [-0.25, -0.2) is 0 Å². The quantitative estimate of drug-likeness (QED) is 0.337. The molecule has 0 saturated carbocycles. The Morgan fingerprint density at radius 3 is 1.97 bits per heavy atom. The molecule has 2 heterocycles. The molecule has 7 rings (SSSR count). The number of para-hydroxylation sites is 2. The van der Waals surface area contributed by atoms with Gasteiger partial charge in [-0.15, -0.1) is 0 Å². The molecule has 5 aromatic carbocycles. The van der Waals surface area contributed by atoms with Crippen LogP contribution in [0.5, 0.6) is 0 Å². The van der Waals surface area contributed by atoms with E-state index in [0.717, 1.165) is 16.8 Å². The van der Waals surface area contributed by atoms with Crippen LogP contribution in [0.3, 0.4) is 0 Å². The van der Waals surface area contributed by atoms with E-state index in [2.05, 4.69) is 89.5 Å². The van der Waals surface area contributed by atoms with E-state index in [-0.39, 0.29) is 0 Å². The summed E-state index contributed by atoms with van der Waals surface area (Å²) in [6.45, 7) is 0. The Balaban J connectivity index is 1.60. The second-order valence-electron chi connectivity index (χ2n) is 8.83. The number of nitrogens with zero attached hydrogens (tertiary/aromatic N) is 1. The van der Waals surface area contributed by atoms with Crippen LogP contribution in [0.25, 0.3) is 60.9 Å².